The van der Waals surface area contributed by atoms with Crippen molar-refractivity contribution in [2.75, 3.05) is 6.54 Å². The number of fused-ring (bicyclic) bond motifs is 1. The fourth-order valence-electron chi connectivity index (χ4n) is 3.93. The summed E-state index contributed by atoms with van der Waals surface area (Å²) in [4.78, 5) is 13.4. The van der Waals surface area contributed by atoms with Crippen molar-refractivity contribution in [2.24, 2.45) is 0 Å². The third-order valence-electron chi connectivity index (χ3n) is 5.26. The van der Waals surface area contributed by atoms with E-state index in [1.165, 1.54) is 16.8 Å². The molecule has 0 radical (unpaired) electrons. The molecule has 1 atom stereocenters. The summed E-state index contributed by atoms with van der Waals surface area (Å²) in [6, 6.07) is 19.9. The van der Waals surface area contributed by atoms with Crippen LogP contribution in [0.3, 0.4) is 0 Å². The summed E-state index contributed by atoms with van der Waals surface area (Å²) in [6.45, 7) is 4.83. The first-order valence-electron chi connectivity index (χ1n) is 9.31. The van der Waals surface area contributed by atoms with Crippen LogP contribution in [0.2, 0.25) is 0 Å². The Kier molecular flexibility index (Phi) is 4.77. The first-order valence-corrected chi connectivity index (χ1v) is 9.31. The van der Waals surface area contributed by atoms with Gasteiger partial charge in [-0.05, 0) is 36.6 Å². The number of non-ortho nitro benzene ring substituents is 1. The number of rotatable bonds is 4. The minimum atomic E-state index is -0.316. The van der Waals surface area contributed by atoms with Crippen LogP contribution in [0.5, 0.6) is 0 Å². The maximum atomic E-state index is 11.3. The van der Waals surface area contributed by atoms with E-state index < -0.39 is 0 Å². The molecule has 0 fully saturated rings. The van der Waals surface area contributed by atoms with Crippen LogP contribution in [0.1, 0.15) is 34.8 Å². The number of nitrogens with zero attached hydrogens (tertiary/aromatic N) is 3. The molecule has 1 aliphatic heterocycles. The van der Waals surface area contributed by atoms with Gasteiger partial charge in [0.15, 0.2) is 0 Å². The molecule has 1 unspecified atom stereocenters. The minimum absolute atomic E-state index is 0.00343. The Morgan fingerprint density at radius 1 is 1.07 bits per heavy atom. The first kappa shape index (κ1) is 17.5. The molecule has 2 heterocycles. The van der Waals surface area contributed by atoms with Gasteiger partial charge in [-0.3, -0.25) is 15.0 Å². The van der Waals surface area contributed by atoms with E-state index in [0.717, 1.165) is 31.6 Å². The maximum Gasteiger partial charge on any atom is 0.269 e. The summed E-state index contributed by atoms with van der Waals surface area (Å²) in [5.74, 6) is 0. The molecule has 0 N–H and O–H groups in total. The number of hydrogen-bond acceptors (Lipinski definition) is 3. The molecule has 27 heavy (non-hydrogen) atoms. The third kappa shape index (κ3) is 3.64. The van der Waals surface area contributed by atoms with Crippen molar-refractivity contribution in [1.29, 1.82) is 0 Å². The second kappa shape index (κ2) is 7.37. The highest BCUT2D eigenvalue weighted by Gasteiger charge is 2.28. The molecule has 0 saturated carbocycles. The number of benzene rings is 2. The molecular formula is C22H23N3O2. The summed E-state index contributed by atoms with van der Waals surface area (Å²) in [5, 5.41) is 11.3. The normalized spacial score (nSPS) is 17.3. The lowest BCUT2D eigenvalue weighted by molar-refractivity contribution is -0.384. The van der Waals surface area contributed by atoms with E-state index in [1.807, 2.05) is 6.07 Å². The van der Waals surface area contributed by atoms with Crippen LogP contribution in [0.4, 0.5) is 5.69 Å². The highest BCUT2D eigenvalue weighted by atomic mass is 16.6. The van der Waals surface area contributed by atoms with Gasteiger partial charge in [0.1, 0.15) is 0 Å². The highest BCUT2D eigenvalue weighted by molar-refractivity contribution is 5.39. The fourth-order valence-corrected chi connectivity index (χ4v) is 3.93. The molecule has 0 aliphatic carbocycles. The average Bonchev–Trinajstić information content (AvgIpc) is 3.05. The van der Waals surface area contributed by atoms with Crippen molar-refractivity contribution < 1.29 is 4.92 Å². The third-order valence-corrected chi connectivity index (χ3v) is 5.26. The van der Waals surface area contributed by atoms with Crippen molar-refractivity contribution in [3.63, 3.8) is 0 Å². The summed E-state index contributed by atoms with van der Waals surface area (Å²) < 4.78 is 2.28. The SMILES string of the molecule is Cc1ccc(CN2CCCn3cccc3C2c2cccc([N+](=O)[O-])c2)cc1. The Hall–Kier alpha value is -2.92. The van der Waals surface area contributed by atoms with Crippen LogP contribution in [0.25, 0.3) is 0 Å². The zero-order valence-electron chi connectivity index (χ0n) is 15.4. The van der Waals surface area contributed by atoms with Crippen molar-refractivity contribution in [2.45, 2.75) is 32.5 Å². The molecule has 0 bridgehead atoms. The fraction of sp³-hybridized carbons (Fsp3) is 0.273. The molecule has 2 aromatic carbocycles. The molecule has 3 aromatic rings. The zero-order valence-corrected chi connectivity index (χ0v) is 15.4. The lowest BCUT2D eigenvalue weighted by atomic mass is 10.00. The van der Waals surface area contributed by atoms with Crippen LogP contribution in [0.15, 0.2) is 66.9 Å². The van der Waals surface area contributed by atoms with Gasteiger partial charge < -0.3 is 4.57 Å². The molecule has 138 valence electrons. The Morgan fingerprint density at radius 3 is 2.67 bits per heavy atom. The second-order valence-electron chi connectivity index (χ2n) is 7.19. The average molecular weight is 361 g/mol. The predicted molar refractivity (Wildman–Crippen MR) is 106 cm³/mol. The largest absolute Gasteiger partial charge is 0.350 e. The Labute approximate surface area is 159 Å². The summed E-state index contributed by atoms with van der Waals surface area (Å²) in [6.07, 6.45) is 3.16. The molecule has 0 saturated heterocycles. The Bertz CT molecular complexity index is 946. The van der Waals surface area contributed by atoms with E-state index in [4.69, 9.17) is 0 Å². The van der Waals surface area contributed by atoms with E-state index >= 15 is 0 Å². The first-order chi connectivity index (χ1) is 13.1. The van der Waals surface area contributed by atoms with Gasteiger partial charge in [-0.1, -0.05) is 42.0 Å². The monoisotopic (exact) mass is 361 g/mol. The lowest BCUT2D eigenvalue weighted by Crippen LogP contribution is -2.29. The molecule has 1 aromatic heterocycles. The molecule has 0 spiro atoms. The van der Waals surface area contributed by atoms with E-state index in [1.54, 1.807) is 18.2 Å². The van der Waals surface area contributed by atoms with Crippen LogP contribution in [0, 0.1) is 17.0 Å². The molecule has 1 aliphatic rings. The number of nitro groups is 1. The molecule has 0 amide bonds. The molecule has 4 rings (SSSR count). The van der Waals surface area contributed by atoms with Gasteiger partial charge >= 0.3 is 0 Å². The van der Waals surface area contributed by atoms with Gasteiger partial charge in [0.2, 0.25) is 0 Å². The highest BCUT2D eigenvalue weighted by Crippen LogP contribution is 2.34. The number of aryl methyl sites for hydroxylation is 2. The van der Waals surface area contributed by atoms with E-state index in [2.05, 4.69) is 59.0 Å². The number of hydrogen-bond donors (Lipinski definition) is 0. The predicted octanol–water partition coefficient (Wildman–Crippen LogP) is 4.70. The van der Waals surface area contributed by atoms with Gasteiger partial charge in [0, 0.05) is 43.7 Å². The van der Waals surface area contributed by atoms with E-state index in [-0.39, 0.29) is 16.7 Å². The molecule has 5 heteroatoms. The standard InChI is InChI=1S/C22H23N3O2/c1-17-8-10-18(11-9-17)16-24-14-4-13-23-12-3-7-21(23)22(24)19-5-2-6-20(15-19)25(26)27/h2-3,5-12,15,22H,4,13-14,16H2,1H3. The summed E-state index contributed by atoms with van der Waals surface area (Å²) in [5.41, 5.74) is 4.82. The van der Waals surface area contributed by atoms with Crippen molar-refractivity contribution in [1.82, 2.24) is 9.47 Å². The van der Waals surface area contributed by atoms with E-state index in [0.29, 0.717) is 0 Å². The van der Waals surface area contributed by atoms with Gasteiger partial charge in [-0.2, -0.15) is 0 Å². The Balaban J connectivity index is 1.75. The van der Waals surface area contributed by atoms with Gasteiger partial charge in [-0.15, -0.1) is 0 Å². The van der Waals surface area contributed by atoms with Crippen LogP contribution < -0.4 is 0 Å². The van der Waals surface area contributed by atoms with Crippen molar-refractivity contribution >= 4 is 5.69 Å². The molecular weight excluding hydrogens is 338 g/mol. The lowest BCUT2D eigenvalue weighted by Gasteiger charge is -2.30. The smallest absolute Gasteiger partial charge is 0.269 e. The minimum Gasteiger partial charge on any atom is -0.350 e. The van der Waals surface area contributed by atoms with E-state index in [9.17, 15) is 10.1 Å². The number of aromatic nitrogens is 1. The van der Waals surface area contributed by atoms with Crippen molar-refractivity contribution in [3.8, 4) is 0 Å². The molecule has 5 nitrogen and oxygen atoms in total. The Morgan fingerprint density at radius 2 is 1.89 bits per heavy atom. The van der Waals surface area contributed by atoms with Crippen LogP contribution >= 0.6 is 0 Å². The topological polar surface area (TPSA) is 51.3 Å². The van der Waals surface area contributed by atoms with Crippen molar-refractivity contribution in [3.05, 3.63) is 99.4 Å². The zero-order chi connectivity index (χ0) is 18.8. The van der Waals surface area contributed by atoms with Gasteiger partial charge in [0.25, 0.3) is 5.69 Å². The summed E-state index contributed by atoms with van der Waals surface area (Å²) in [7, 11) is 0. The maximum absolute atomic E-state index is 11.3. The summed E-state index contributed by atoms with van der Waals surface area (Å²) >= 11 is 0. The quantitative estimate of drug-likeness (QED) is 0.500. The number of nitro benzene ring substituents is 1. The second-order valence-corrected chi connectivity index (χ2v) is 7.19. The van der Waals surface area contributed by atoms with Crippen LogP contribution in [-0.2, 0) is 13.1 Å². The van der Waals surface area contributed by atoms with Crippen LogP contribution in [-0.4, -0.2) is 20.9 Å². The van der Waals surface area contributed by atoms with Gasteiger partial charge in [-0.25, -0.2) is 0 Å². The van der Waals surface area contributed by atoms with Gasteiger partial charge in [0.05, 0.1) is 11.0 Å².